The van der Waals surface area contributed by atoms with Crippen LogP contribution in [0.2, 0.25) is 0 Å². The van der Waals surface area contributed by atoms with Gasteiger partial charge in [0.05, 0.1) is 39.8 Å². The minimum atomic E-state index is -5.07. The van der Waals surface area contributed by atoms with Gasteiger partial charge in [0.15, 0.2) is 9.84 Å². The Kier molecular flexibility index (Phi) is 6.28. The molecule has 37 heavy (non-hydrogen) atoms. The fraction of sp³-hybridized carbons (Fsp3) is 0.435. The summed E-state index contributed by atoms with van der Waals surface area (Å²) in [4.78, 5) is 31.2. The summed E-state index contributed by atoms with van der Waals surface area (Å²) < 4.78 is 74.6. The number of nitrogens with two attached hydrogens (primary N) is 1. The summed E-state index contributed by atoms with van der Waals surface area (Å²) in [5.41, 5.74) is 0.132. The second-order valence-corrected chi connectivity index (χ2v) is 11.4. The molecule has 1 aromatic heterocycles. The molecule has 196 valence electrons. The van der Waals surface area contributed by atoms with Gasteiger partial charge in [-0.2, -0.15) is 18.4 Å². The molecule has 0 spiro atoms. The van der Waals surface area contributed by atoms with E-state index in [1.54, 1.807) is 6.07 Å². The number of hydrogen-bond donors (Lipinski definition) is 2. The van der Waals surface area contributed by atoms with Gasteiger partial charge in [0, 0.05) is 31.0 Å². The fourth-order valence-electron chi connectivity index (χ4n) is 5.45. The van der Waals surface area contributed by atoms with Gasteiger partial charge in [0.1, 0.15) is 10.8 Å². The number of alkyl halides is 3. The molecule has 3 N–H and O–H groups in total. The Labute approximate surface area is 209 Å². The van der Waals surface area contributed by atoms with Gasteiger partial charge < -0.3 is 15.6 Å². The van der Waals surface area contributed by atoms with Gasteiger partial charge in [-0.15, -0.1) is 0 Å². The summed E-state index contributed by atoms with van der Waals surface area (Å²) in [5, 5.41) is 18.1. The van der Waals surface area contributed by atoms with Crippen LogP contribution in [0.3, 0.4) is 0 Å². The van der Waals surface area contributed by atoms with Crippen molar-refractivity contribution in [1.82, 2.24) is 9.97 Å². The highest BCUT2D eigenvalue weighted by Gasteiger charge is 2.75. The zero-order valence-electron chi connectivity index (χ0n) is 19.3. The average Bonchev–Trinajstić information content (AvgIpc) is 3.48. The van der Waals surface area contributed by atoms with E-state index < -0.39 is 79.3 Å². The van der Waals surface area contributed by atoms with E-state index in [0.717, 1.165) is 19.2 Å². The number of primary amides is 1. The predicted octanol–water partition coefficient (Wildman–Crippen LogP) is 2.20. The maximum absolute atomic E-state index is 14.1. The van der Waals surface area contributed by atoms with Crippen LogP contribution in [0.25, 0.3) is 11.3 Å². The van der Waals surface area contributed by atoms with E-state index in [4.69, 9.17) is 10.5 Å². The number of hydrogen-bond acceptors (Lipinski definition) is 8. The molecule has 5 atom stereocenters. The van der Waals surface area contributed by atoms with Gasteiger partial charge in [-0.1, -0.05) is 6.07 Å². The Bertz CT molecular complexity index is 1410. The first kappa shape index (κ1) is 26.5. The number of rotatable bonds is 7. The van der Waals surface area contributed by atoms with Gasteiger partial charge in [0.25, 0.3) is 0 Å². The lowest BCUT2D eigenvalue weighted by molar-refractivity contribution is -0.159. The van der Waals surface area contributed by atoms with E-state index in [-0.39, 0.29) is 17.7 Å². The number of carboxylic acids is 1. The van der Waals surface area contributed by atoms with Crippen molar-refractivity contribution in [2.24, 2.45) is 22.5 Å². The minimum Gasteiger partial charge on any atom is -0.481 e. The van der Waals surface area contributed by atoms with Crippen LogP contribution in [-0.2, 0) is 30.3 Å². The molecule has 14 heteroatoms. The van der Waals surface area contributed by atoms with Crippen molar-refractivity contribution in [3.05, 3.63) is 42.4 Å². The summed E-state index contributed by atoms with van der Waals surface area (Å²) in [6, 6.07) is 4.36. The summed E-state index contributed by atoms with van der Waals surface area (Å²) in [6.07, 6.45) is -3.88. The average molecular weight is 539 g/mol. The number of aliphatic carboxylic acids is 1. The van der Waals surface area contributed by atoms with Crippen LogP contribution in [0.15, 0.2) is 41.7 Å². The molecule has 0 saturated heterocycles. The van der Waals surface area contributed by atoms with Crippen molar-refractivity contribution in [3.8, 4) is 17.3 Å². The van der Waals surface area contributed by atoms with Crippen LogP contribution in [0.5, 0.6) is 0 Å². The SMILES string of the molecule is CO[C@H]1C[C@@H](S(=O)(=O)c2ccc(-c3cnccn3)cc2C(F)(F)F)C[C@]1(C(=O)O)C1CC1(C#N)C(N)=O. The number of nitriles is 1. The third-order valence-corrected chi connectivity index (χ3v) is 9.62. The number of halogens is 3. The molecule has 0 aliphatic heterocycles. The van der Waals surface area contributed by atoms with Gasteiger partial charge >= 0.3 is 12.1 Å². The lowest BCUT2D eigenvalue weighted by Gasteiger charge is -2.31. The largest absolute Gasteiger partial charge is 0.481 e. The molecule has 2 saturated carbocycles. The second-order valence-electron chi connectivity index (χ2n) is 9.18. The lowest BCUT2D eigenvalue weighted by atomic mass is 9.75. The molecule has 2 aliphatic carbocycles. The third-order valence-electron chi connectivity index (χ3n) is 7.41. The second kappa shape index (κ2) is 8.77. The summed E-state index contributed by atoms with van der Waals surface area (Å²) >= 11 is 0. The molecule has 2 fully saturated rings. The molecule has 1 heterocycles. The third kappa shape index (κ3) is 4.02. The number of carboxylic acid groups (broad SMARTS) is 1. The van der Waals surface area contributed by atoms with Crippen LogP contribution in [0.4, 0.5) is 13.2 Å². The van der Waals surface area contributed by atoms with Crippen LogP contribution in [-0.4, -0.2) is 53.8 Å². The van der Waals surface area contributed by atoms with E-state index in [0.29, 0.717) is 6.07 Å². The van der Waals surface area contributed by atoms with Crippen molar-refractivity contribution >= 4 is 21.7 Å². The van der Waals surface area contributed by atoms with Crippen molar-refractivity contribution in [2.75, 3.05) is 7.11 Å². The molecule has 1 amide bonds. The van der Waals surface area contributed by atoms with E-state index in [1.165, 1.54) is 18.6 Å². The summed E-state index contributed by atoms with van der Waals surface area (Å²) in [6.45, 7) is 0. The zero-order chi connectivity index (χ0) is 27.4. The van der Waals surface area contributed by atoms with Gasteiger partial charge in [-0.3, -0.25) is 19.6 Å². The number of aromatic nitrogens is 2. The Hall–Kier alpha value is -3.57. The molecule has 2 aromatic rings. The Balaban J connectivity index is 1.80. The topological polar surface area (TPSA) is 173 Å². The van der Waals surface area contributed by atoms with Crippen molar-refractivity contribution < 1.29 is 41.0 Å². The number of carbonyl (C=O) groups is 2. The highest BCUT2D eigenvalue weighted by molar-refractivity contribution is 7.92. The van der Waals surface area contributed by atoms with E-state index in [1.807, 2.05) is 0 Å². The quantitative estimate of drug-likeness (QED) is 0.536. The standard InChI is InChI=1S/C23H21F3N4O6S/c1-36-18-7-13(8-22(18,20(32)33)17-9-21(17,11-27)19(28)31)37(34,35)16-3-2-12(6-14(16)23(24,25)26)15-10-29-4-5-30-15/h2-6,10,13,17-18H,7-9H2,1H3,(H2,28,31)(H,32,33)/t13-,17?,18+,21?,22+/m1/s1. The molecule has 0 radical (unpaired) electrons. The van der Waals surface area contributed by atoms with Crippen molar-refractivity contribution in [1.29, 1.82) is 5.26 Å². The number of amides is 1. The van der Waals surface area contributed by atoms with Crippen LogP contribution in [0.1, 0.15) is 24.8 Å². The Morgan fingerprint density at radius 1 is 1.27 bits per heavy atom. The first-order chi connectivity index (χ1) is 17.3. The van der Waals surface area contributed by atoms with Crippen LogP contribution in [0, 0.1) is 28.1 Å². The predicted molar refractivity (Wildman–Crippen MR) is 119 cm³/mol. The maximum Gasteiger partial charge on any atom is 0.417 e. The molecule has 1 aromatic carbocycles. The number of sulfone groups is 1. The summed E-state index contributed by atoms with van der Waals surface area (Å²) in [5.74, 6) is -3.73. The van der Waals surface area contributed by atoms with E-state index in [2.05, 4.69) is 9.97 Å². The zero-order valence-corrected chi connectivity index (χ0v) is 20.1. The van der Waals surface area contributed by atoms with Crippen LogP contribution < -0.4 is 5.73 Å². The van der Waals surface area contributed by atoms with Crippen LogP contribution >= 0.6 is 0 Å². The molecule has 0 bridgehead atoms. The number of benzene rings is 1. The number of carbonyl (C=O) groups excluding carboxylic acids is 1. The Morgan fingerprint density at radius 2 is 1.97 bits per heavy atom. The van der Waals surface area contributed by atoms with Gasteiger partial charge in [0.2, 0.25) is 5.91 Å². The first-order valence-electron chi connectivity index (χ1n) is 10.9. The monoisotopic (exact) mass is 538 g/mol. The lowest BCUT2D eigenvalue weighted by Crippen LogP contribution is -2.44. The normalized spacial score (nSPS) is 29.4. The molecule has 10 nitrogen and oxygen atoms in total. The molecule has 4 rings (SSSR count). The maximum atomic E-state index is 14.1. The highest BCUT2D eigenvalue weighted by atomic mass is 32.2. The number of nitrogens with zero attached hydrogens (tertiary/aromatic N) is 3. The first-order valence-corrected chi connectivity index (χ1v) is 12.5. The molecule has 2 unspecified atom stereocenters. The number of methoxy groups -OCH3 is 1. The smallest absolute Gasteiger partial charge is 0.417 e. The van der Waals surface area contributed by atoms with E-state index in [9.17, 15) is 41.5 Å². The molecular formula is C23H21F3N4O6S. The Morgan fingerprint density at radius 3 is 2.46 bits per heavy atom. The van der Waals surface area contributed by atoms with Crippen molar-refractivity contribution in [2.45, 2.75) is 41.7 Å². The number of ether oxygens (including phenoxy) is 1. The molecular weight excluding hydrogens is 517 g/mol. The van der Waals surface area contributed by atoms with Crippen molar-refractivity contribution in [3.63, 3.8) is 0 Å². The minimum absolute atomic E-state index is 0.0151. The highest BCUT2D eigenvalue weighted by Crippen LogP contribution is 2.66. The summed E-state index contributed by atoms with van der Waals surface area (Å²) in [7, 11) is -3.63. The molecule has 2 aliphatic rings. The van der Waals surface area contributed by atoms with Gasteiger partial charge in [-0.05, 0) is 31.4 Å². The van der Waals surface area contributed by atoms with E-state index >= 15 is 0 Å². The van der Waals surface area contributed by atoms with Gasteiger partial charge in [-0.25, -0.2) is 8.42 Å². The fourth-order valence-corrected chi connectivity index (χ4v) is 7.47.